The first-order valence-corrected chi connectivity index (χ1v) is 11.8. The minimum Gasteiger partial charge on any atom is -0.394 e. The first kappa shape index (κ1) is 29.5. The van der Waals surface area contributed by atoms with Crippen LogP contribution in [-0.4, -0.2) is 152 Å². The van der Waals surface area contributed by atoms with E-state index in [2.05, 4.69) is 5.32 Å². The van der Waals surface area contributed by atoms with Crippen LogP contribution >= 0.6 is 0 Å². The lowest BCUT2D eigenvalue weighted by atomic mass is 9.92. The molecule has 0 bridgehead atoms. The maximum absolute atomic E-state index is 11.6. The summed E-state index contributed by atoms with van der Waals surface area (Å²) in [6, 6.07) is -0.941. The predicted molar refractivity (Wildman–Crippen MR) is 115 cm³/mol. The number of amides is 1. The van der Waals surface area contributed by atoms with Crippen molar-refractivity contribution in [3.63, 3.8) is 0 Å². The molecule has 15 atom stereocenters. The quantitative estimate of drug-likeness (QED) is 0.150. The van der Waals surface area contributed by atoms with E-state index in [1.807, 2.05) is 0 Å². The third kappa shape index (κ3) is 5.99. The molecule has 1 amide bonds. The molecule has 0 aromatic rings. The summed E-state index contributed by atoms with van der Waals surface area (Å²) in [6.07, 6.45) is -20.0. The maximum atomic E-state index is 11.6. The molecule has 0 radical (unpaired) electrons. The standard InChI is InChI=1S/C21H37NO14/c1-6-11(22-8(3)25)14(28)18(10(5-24)32-6)35-21-19(16(30)13(27)9(4-23)34-21)36-20-17(31)15(29)12(26)7(2)33-20/h6-7,9-21,23-24,26-31H,4-5H2,1-3H3,(H,22,25). The van der Waals surface area contributed by atoms with Gasteiger partial charge in [0.15, 0.2) is 12.6 Å². The second-order valence-electron chi connectivity index (χ2n) is 9.37. The summed E-state index contributed by atoms with van der Waals surface area (Å²) in [6.45, 7) is 2.91. The third-order valence-corrected chi connectivity index (χ3v) is 6.73. The van der Waals surface area contributed by atoms with Crippen LogP contribution in [0.5, 0.6) is 0 Å². The highest BCUT2D eigenvalue weighted by Gasteiger charge is 2.53. The molecule has 3 aliphatic heterocycles. The molecule has 0 aliphatic carbocycles. The summed E-state index contributed by atoms with van der Waals surface area (Å²) in [5, 5.41) is 84.4. The smallest absolute Gasteiger partial charge is 0.217 e. The number of hydrogen-bond donors (Lipinski definition) is 9. The first-order chi connectivity index (χ1) is 16.9. The Morgan fingerprint density at radius 3 is 1.89 bits per heavy atom. The number of carbonyl (C=O) groups excluding carboxylic acids is 1. The number of aliphatic hydroxyl groups excluding tert-OH is 8. The number of hydrogen-bond acceptors (Lipinski definition) is 14. The zero-order valence-electron chi connectivity index (χ0n) is 20.1. The van der Waals surface area contributed by atoms with Gasteiger partial charge in [-0.2, -0.15) is 0 Å². The SMILES string of the molecule is CC(=O)NC1C(C)OC(CO)C(OC2OC(CO)C(O)C(O)C2OC2OC(C)C(O)C(O)C2O)C1O. The van der Waals surface area contributed by atoms with E-state index in [9.17, 15) is 45.6 Å². The van der Waals surface area contributed by atoms with Crippen molar-refractivity contribution in [2.75, 3.05) is 13.2 Å². The molecular weight excluding hydrogens is 490 g/mol. The number of carbonyl (C=O) groups is 1. The van der Waals surface area contributed by atoms with Gasteiger partial charge < -0.3 is 69.9 Å². The Balaban J connectivity index is 1.86. The van der Waals surface area contributed by atoms with E-state index in [-0.39, 0.29) is 0 Å². The van der Waals surface area contributed by atoms with Gasteiger partial charge in [0, 0.05) is 6.92 Å². The van der Waals surface area contributed by atoms with Crippen molar-refractivity contribution in [1.82, 2.24) is 5.32 Å². The first-order valence-electron chi connectivity index (χ1n) is 11.8. The molecule has 3 aliphatic rings. The summed E-state index contributed by atoms with van der Waals surface area (Å²) in [7, 11) is 0. The molecular formula is C21H37NO14. The van der Waals surface area contributed by atoms with Crippen LogP contribution in [0.15, 0.2) is 0 Å². The van der Waals surface area contributed by atoms with Gasteiger partial charge in [0.1, 0.15) is 61.0 Å². The van der Waals surface area contributed by atoms with Crippen LogP contribution < -0.4 is 5.32 Å². The lowest BCUT2D eigenvalue weighted by Gasteiger charge is -2.49. The van der Waals surface area contributed by atoms with Gasteiger partial charge >= 0.3 is 0 Å². The molecule has 15 nitrogen and oxygen atoms in total. The Kier molecular flexibility index (Phi) is 10.0. The summed E-state index contributed by atoms with van der Waals surface area (Å²) < 4.78 is 28.2. The highest BCUT2D eigenvalue weighted by molar-refractivity contribution is 5.73. The Labute approximate surface area is 207 Å². The van der Waals surface area contributed by atoms with E-state index >= 15 is 0 Å². The Bertz CT molecular complexity index is 731. The molecule has 3 heterocycles. The largest absolute Gasteiger partial charge is 0.394 e. The highest BCUT2D eigenvalue weighted by Crippen LogP contribution is 2.32. The normalized spacial score (nSPS) is 50.0. The topological polar surface area (TPSA) is 237 Å². The van der Waals surface area contributed by atoms with Crippen molar-refractivity contribution in [3.8, 4) is 0 Å². The second kappa shape index (κ2) is 12.2. The summed E-state index contributed by atoms with van der Waals surface area (Å²) in [4.78, 5) is 11.6. The Morgan fingerprint density at radius 1 is 0.694 bits per heavy atom. The number of nitrogens with one attached hydrogen (secondary N) is 1. The Morgan fingerprint density at radius 2 is 1.31 bits per heavy atom. The van der Waals surface area contributed by atoms with E-state index in [0.717, 1.165) is 0 Å². The van der Waals surface area contributed by atoms with Gasteiger partial charge in [-0.15, -0.1) is 0 Å². The molecule has 3 rings (SSSR count). The molecule has 0 aromatic carbocycles. The average molecular weight is 528 g/mol. The number of ether oxygens (including phenoxy) is 5. The number of aliphatic hydroxyl groups is 8. The van der Waals surface area contributed by atoms with E-state index in [1.54, 1.807) is 6.92 Å². The minimum absolute atomic E-state index is 0.456. The molecule has 15 heteroatoms. The molecule has 0 saturated carbocycles. The third-order valence-electron chi connectivity index (χ3n) is 6.73. The molecule has 3 fully saturated rings. The molecule has 3 saturated heterocycles. The van der Waals surface area contributed by atoms with Gasteiger partial charge in [0.25, 0.3) is 0 Å². The van der Waals surface area contributed by atoms with E-state index < -0.39 is 111 Å². The van der Waals surface area contributed by atoms with Crippen molar-refractivity contribution in [1.29, 1.82) is 0 Å². The predicted octanol–water partition coefficient (Wildman–Crippen LogP) is -5.33. The fourth-order valence-corrected chi connectivity index (χ4v) is 4.64. The van der Waals surface area contributed by atoms with Crippen molar-refractivity contribution in [2.45, 2.75) is 113 Å². The summed E-state index contributed by atoms with van der Waals surface area (Å²) in [5.74, 6) is -0.456. The molecule has 15 unspecified atom stereocenters. The zero-order chi connectivity index (χ0) is 26.9. The van der Waals surface area contributed by atoms with Gasteiger partial charge in [-0.3, -0.25) is 4.79 Å². The van der Waals surface area contributed by atoms with Crippen molar-refractivity contribution in [2.24, 2.45) is 0 Å². The summed E-state index contributed by atoms with van der Waals surface area (Å²) >= 11 is 0. The second-order valence-corrected chi connectivity index (χ2v) is 9.37. The van der Waals surface area contributed by atoms with Crippen LogP contribution in [0.25, 0.3) is 0 Å². The molecule has 0 aromatic heterocycles. The molecule has 36 heavy (non-hydrogen) atoms. The van der Waals surface area contributed by atoms with Gasteiger partial charge in [-0.1, -0.05) is 0 Å². The molecule has 9 N–H and O–H groups in total. The van der Waals surface area contributed by atoms with Crippen LogP contribution in [0.3, 0.4) is 0 Å². The van der Waals surface area contributed by atoms with Gasteiger partial charge in [0.2, 0.25) is 5.91 Å². The van der Waals surface area contributed by atoms with E-state index in [0.29, 0.717) is 0 Å². The van der Waals surface area contributed by atoms with Crippen LogP contribution in [-0.2, 0) is 28.5 Å². The zero-order valence-corrected chi connectivity index (χ0v) is 20.1. The van der Waals surface area contributed by atoms with Crippen LogP contribution in [0.4, 0.5) is 0 Å². The number of rotatable bonds is 7. The summed E-state index contributed by atoms with van der Waals surface area (Å²) in [5.41, 5.74) is 0. The van der Waals surface area contributed by atoms with Crippen LogP contribution in [0.1, 0.15) is 20.8 Å². The van der Waals surface area contributed by atoms with Crippen LogP contribution in [0.2, 0.25) is 0 Å². The monoisotopic (exact) mass is 527 g/mol. The van der Waals surface area contributed by atoms with Crippen molar-refractivity contribution >= 4 is 5.91 Å². The van der Waals surface area contributed by atoms with Gasteiger partial charge in [0.05, 0.1) is 31.5 Å². The Hall–Kier alpha value is -1.05. The molecule has 0 spiro atoms. The van der Waals surface area contributed by atoms with E-state index in [4.69, 9.17) is 23.7 Å². The van der Waals surface area contributed by atoms with Gasteiger partial charge in [-0.25, -0.2) is 0 Å². The maximum Gasteiger partial charge on any atom is 0.217 e. The fraction of sp³-hybridized carbons (Fsp3) is 0.952. The minimum atomic E-state index is -1.77. The lowest BCUT2D eigenvalue weighted by Crippen LogP contribution is -2.68. The molecule has 210 valence electrons. The average Bonchev–Trinajstić information content (AvgIpc) is 2.84. The van der Waals surface area contributed by atoms with E-state index in [1.165, 1.54) is 13.8 Å². The fourth-order valence-electron chi connectivity index (χ4n) is 4.64. The van der Waals surface area contributed by atoms with Gasteiger partial charge in [-0.05, 0) is 13.8 Å². The van der Waals surface area contributed by atoms with Crippen molar-refractivity contribution < 1.29 is 69.3 Å². The lowest BCUT2D eigenvalue weighted by molar-refractivity contribution is -0.378. The van der Waals surface area contributed by atoms with Crippen molar-refractivity contribution in [3.05, 3.63) is 0 Å². The highest BCUT2D eigenvalue weighted by atomic mass is 16.8. The van der Waals surface area contributed by atoms with Crippen LogP contribution in [0, 0.1) is 0 Å².